The molecular formula is C31H33N5O5S. The van der Waals surface area contributed by atoms with Crippen LogP contribution in [0.15, 0.2) is 46.6 Å². The standard InChI is InChI=1S/C31H33N5O5S/c1-5-21-15-36(16-24-25(41-21)6-7-27(37)32-24)14-20-11-19(10-18-8-9-42-31(18)20)23(13-28(38)39)22-12-26(40-4)30-29(17(22)2)33-34-35(30)3/h6-12,21,23H,5,13-16H2,1-4H3,(H,32,37)(H,38,39)/t21?,23-/m1/s1. The number of aromatic nitrogens is 4. The van der Waals surface area contributed by atoms with E-state index in [4.69, 9.17) is 9.47 Å². The smallest absolute Gasteiger partial charge is 0.304 e. The number of ether oxygens (including phenoxy) is 2. The molecule has 10 nitrogen and oxygen atoms in total. The summed E-state index contributed by atoms with van der Waals surface area (Å²) < 4.78 is 14.8. The highest BCUT2D eigenvalue weighted by molar-refractivity contribution is 7.17. The van der Waals surface area contributed by atoms with Crippen molar-refractivity contribution in [2.24, 2.45) is 7.05 Å². The third kappa shape index (κ3) is 5.14. The monoisotopic (exact) mass is 587 g/mol. The summed E-state index contributed by atoms with van der Waals surface area (Å²) in [6.07, 6.45) is 0.721. The minimum atomic E-state index is -0.888. The van der Waals surface area contributed by atoms with E-state index in [1.807, 2.05) is 20.0 Å². The third-order valence-electron chi connectivity index (χ3n) is 8.11. The number of aryl methyl sites for hydroxylation is 2. The number of hydrogen-bond acceptors (Lipinski definition) is 8. The highest BCUT2D eigenvalue weighted by Crippen LogP contribution is 2.40. The first kappa shape index (κ1) is 27.9. The number of benzene rings is 2. The van der Waals surface area contributed by atoms with Crippen LogP contribution in [0.4, 0.5) is 0 Å². The van der Waals surface area contributed by atoms with Crippen molar-refractivity contribution in [3.8, 4) is 11.5 Å². The number of carboxylic acids is 1. The lowest BCUT2D eigenvalue weighted by Crippen LogP contribution is -2.32. The van der Waals surface area contributed by atoms with E-state index >= 15 is 0 Å². The van der Waals surface area contributed by atoms with Gasteiger partial charge in [-0.25, -0.2) is 4.68 Å². The Bertz CT molecular complexity index is 1860. The van der Waals surface area contributed by atoms with E-state index in [1.54, 1.807) is 29.2 Å². The molecule has 1 aliphatic heterocycles. The fourth-order valence-corrected chi connectivity index (χ4v) is 6.93. The number of carboxylic acid groups (broad SMARTS) is 1. The molecule has 0 fully saturated rings. The molecule has 1 aliphatic rings. The summed E-state index contributed by atoms with van der Waals surface area (Å²) in [7, 11) is 3.41. The van der Waals surface area contributed by atoms with Crippen LogP contribution in [0.2, 0.25) is 0 Å². The summed E-state index contributed by atoms with van der Waals surface area (Å²) >= 11 is 1.67. The normalized spacial score (nSPS) is 16.2. The van der Waals surface area contributed by atoms with Crippen LogP contribution in [0, 0.1) is 6.92 Å². The quantitative estimate of drug-likeness (QED) is 0.261. The zero-order chi connectivity index (χ0) is 29.5. The molecule has 1 unspecified atom stereocenters. The maximum absolute atomic E-state index is 12.2. The van der Waals surface area contributed by atoms with Crippen LogP contribution >= 0.6 is 11.3 Å². The van der Waals surface area contributed by atoms with E-state index in [-0.39, 0.29) is 18.1 Å². The van der Waals surface area contributed by atoms with Gasteiger partial charge in [0.25, 0.3) is 0 Å². The number of aromatic amines is 1. The lowest BCUT2D eigenvalue weighted by molar-refractivity contribution is -0.137. The Balaban J connectivity index is 1.45. The summed E-state index contributed by atoms with van der Waals surface area (Å²) in [5.41, 5.74) is 5.83. The highest BCUT2D eigenvalue weighted by Gasteiger charge is 2.27. The summed E-state index contributed by atoms with van der Waals surface area (Å²) in [6.45, 7) is 5.91. The molecule has 0 saturated heterocycles. The predicted octanol–water partition coefficient (Wildman–Crippen LogP) is 4.97. The number of hydrogen-bond donors (Lipinski definition) is 2. The Morgan fingerprint density at radius 2 is 2.12 bits per heavy atom. The lowest BCUT2D eigenvalue weighted by Gasteiger charge is -2.25. The number of carbonyl (C=O) groups is 1. The van der Waals surface area contributed by atoms with Gasteiger partial charge < -0.3 is 19.6 Å². The third-order valence-corrected chi connectivity index (χ3v) is 9.11. The number of aliphatic carboxylic acids is 1. The van der Waals surface area contributed by atoms with Gasteiger partial charge in [0, 0.05) is 43.4 Å². The van der Waals surface area contributed by atoms with Crippen LogP contribution < -0.4 is 15.0 Å². The average Bonchev–Trinajstić information content (AvgIpc) is 3.56. The van der Waals surface area contributed by atoms with Crippen molar-refractivity contribution in [1.82, 2.24) is 24.9 Å². The molecule has 42 heavy (non-hydrogen) atoms. The van der Waals surface area contributed by atoms with Gasteiger partial charge in [0.1, 0.15) is 28.6 Å². The second-order valence-electron chi connectivity index (χ2n) is 10.9. The fourth-order valence-electron chi connectivity index (χ4n) is 6.04. The Kier molecular flexibility index (Phi) is 7.46. The van der Waals surface area contributed by atoms with Crippen molar-refractivity contribution in [3.63, 3.8) is 0 Å². The minimum absolute atomic E-state index is 0.0206. The fraction of sp³-hybridized carbons (Fsp3) is 0.355. The van der Waals surface area contributed by atoms with E-state index in [2.05, 4.69) is 50.7 Å². The molecule has 0 bridgehead atoms. The van der Waals surface area contributed by atoms with Gasteiger partial charge in [-0.15, -0.1) is 16.4 Å². The Labute approximate surface area is 246 Å². The molecule has 0 spiro atoms. The number of methoxy groups -OCH3 is 1. The molecule has 2 aromatic carbocycles. The second-order valence-corrected chi connectivity index (χ2v) is 11.8. The molecule has 0 amide bonds. The topological polar surface area (TPSA) is 123 Å². The molecule has 2 N–H and O–H groups in total. The van der Waals surface area contributed by atoms with E-state index in [0.717, 1.165) is 50.0 Å². The Morgan fingerprint density at radius 3 is 2.88 bits per heavy atom. The van der Waals surface area contributed by atoms with Crippen LogP contribution in [0.5, 0.6) is 11.5 Å². The van der Waals surface area contributed by atoms with E-state index < -0.39 is 11.9 Å². The molecule has 4 heterocycles. The van der Waals surface area contributed by atoms with Crippen LogP contribution in [0.3, 0.4) is 0 Å². The van der Waals surface area contributed by atoms with Gasteiger partial charge in [0.2, 0.25) is 5.56 Å². The number of nitrogens with one attached hydrogen (secondary N) is 1. The molecule has 0 radical (unpaired) electrons. The van der Waals surface area contributed by atoms with Crippen molar-refractivity contribution in [3.05, 3.63) is 80.1 Å². The number of fused-ring (bicyclic) bond motifs is 3. The summed E-state index contributed by atoms with van der Waals surface area (Å²) in [4.78, 5) is 29.6. The zero-order valence-electron chi connectivity index (χ0n) is 24.0. The van der Waals surface area contributed by atoms with Crippen LogP contribution in [0.25, 0.3) is 21.1 Å². The van der Waals surface area contributed by atoms with Crippen LogP contribution in [-0.2, 0) is 24.9 Å². The highest BCUT2D eigenvalue weighted by atomic mass is 32.1. The van der Waals surface area contributed by atoms with E-state index in [1.165, 1.54) is 6.07 Å². The van der Waals surface area contributed by atoms with Crippen molar-refractivity contribution < 1.29 is 19.4 Å². The first-order valence-corrected chi connectivity index (χ1v) is 14.8. The molecule has 218 valence electrons. The average molecular weight is 588 g/mol. The van der Waals surface area contributed by atoms with E-state index in [0.29, 0.717) is 36.6 Å². The van der Waals surface area contributed by atoms with Gasteiger partial charge >= 0.3 is 5.97 Å². The van der Waals surface area contributed by atoms with Gasteiger partial charge in [0.15, 0.2) is 0 Å². The number of rotatable bonds is 8. The maximum atomic E-state index is 12.2. The van der Waals surface area contributed by atoms with Gasteiger partial charge in [-0.05, 0) is 70.6 Å². The molecule has 0 saturated carbocycles. The lowest BCUT2D eigenvalue weighted by atomic mass is 9.84. The molecular weight excluding hydrogens is 554 g/mol. The van der Waals surface area contributed by atoms with Crippen molar-refractivity contribution in [2.75, 3.05) is 13.7 Å². The molecule has 3 aromatic heterocycles. The molecule has 0 aliphatic carbocycles. The van der Waals surface area contributed by atoms with Gasteiger partial charge in [0.05, 0.1) is 19.2 Å². The van der Waals surface area contributed by atoms with Gasteiger partial charge in [-0.1, -0.05) is 18.2 Å². The van der Waals surface area contributed by atoms with Crippen molar-refractivity contribution >= 4 is 38.4 Å². The predicted molar refractivity (Wildman–Crippen MR) is 162 cm³/mol. The summed E-state index contributed by atoms with van der Waals surface area (Å²) in [5, 5.41) is 21.7. The molecule has 2 atom stereocenters. The van der Waals surface area contributed by atoms with Crippen molar-refractivity contribution in [2.45, 2.75) is 51.8 Å². The SMILES string of the molecule is CCC1CN(Cc2cc([C@@H](CC(=O)O)c3cc(OC)c4c(nnn4C)c3C)cc3ccsc23)Cc2[nH]c(=O)ccc2O1. The largest absolute Gasteiger partial charge is 0.494 e. The summed E-state index contributed by atoms with van der Waals surface area (Å²) in [6, 6.07) is 11.5. The zero-order valence-corrected chi connectivity index (χ0v) is 24.8. The number of H-pyrrole nitrogens is 1. The van der Waals surface area contributed by atoms with E-state index in [9.17, 15) is 14.7 Å². The van der Waals surface area contributed by atoms with Gasteiger partial charge in [-0.2, -0.15) is 0 Å². The second kappa shape index (κ2) is 11.2. The Hall–Kier alpha value is -4.22. The number of nitrogens with zero attached hydrogens (tertiary/aromatic N) is 4. The first-order valence-electron chi connectivity index (χ1n) is 14.0. The van der Waals surface area contributed by atoms with Crippen molar-refractivity contribution in [1.29, 1.82) is 0 Å². The Morgan fingerprint density at radius 1 is 1.29 bits per heavy atom. The summed E-state index contributed by atoms with van der Waals surface area (Å²) in [5.74, 6) is -0.00291. The number of thiophene rings is 1. The maximum Gasteiger partial charge on any atom is 0.304 e. The first-order chi connectivity index (χ1) is 20.2. The number of pyridine rings is 1. The van der Waals surface area contributed by atoms with Crippen LogP contribution in [0.1, 0.15) is 53.6 Å². The molecule has 5 aromatic rings. The molecule has 6 rings (SSSR count). The van der Waals surface area contributed by atoms with Gasteiger partial charge in [-0.3, -0.25) is 14.5 Å². The molecule has 11 heteroatoms. The minimum Gasteiger partial charge on any atom is -0.494 e. The van der Waals surface area contributed by atoms with Crippen LogP contribution in [-0.4, -0.2) is 55.7 Å².